The molecule has 8 nitrogen and oxygen atoms in total. The van der Waals surface area contributed by atoms with Crippen LogP contribution in [0.1, 0.15) is 29.0 Å². The van der Waals surface area contributed by atoms with Crippen molar-refractivity contribution in [2.24, 2.45) is 13.0 Å². The molecule has 0 radical (unpaired) electrons. The monoisotopic (exact) mass is 425 g/mol. The van der Waals surface area contributed by atoms with Crippen molar-refractivity contribution in [1.82, 2.24) is 25.0 Å². The van der Waals surface area contributed by atoms with Crippen LogP contribution >= 0.6 is 12.2 Å². The summed E-state index contributed by atoms with van der Waals surface area (Å²) in [5.74, 6) is -0.625. The normalized spacial score (nSPS) is 16.7. The molecule has 1 saturated heterocycles. The number of H-pyrrole nitrogens is 1. The summed E-state index contributed by atoms with van der Waals surface area (Å²) < 4.78 is 31.8. The smallest absolute Gasteiger partial charge is 0.387 e. The number of likely N-dealkylation sites (tertiary alicyclic amines) is 1. The van der Waals surface area contributed by atoms with Gasteiger partial charge in [0.1, 0.15) is 5.75 Å². The topological polar surface area (TPSA) is 92.2 Å². The Morgan fingerprint density at radius 1 is 1.41 bits per heavy atom. The van der Waals surface area contributed by atoms with Crippen LogP contribution in [0.2, 0.25) is 0 Å². The van der Waals surface area contributed by atoms with Crippen molar-refractivity contribution in [3.63, 3.8) is 0 Å². The number of carbonyl (C=O) groups is 2. The number of ether oxygens (including phenoxy) is 1. The molecule has 0 aliphatic carbocycles. The first-order valence-electron chi connectivity index (χ1n) is 9.08. The number of nitrogens with one attached hydrogen (secondary N) is 2. The van der Waals surface area contributed by atoms with E-state index in [0.717, 1.165) is 0 Å². The Labute approximate surface area is 170 Å². The number of aromatic amines is 1. The van der Waals surface area contributed by atoms with Crippen molar-refractivity contribution < 1.29 is 23.1 Å². The van der Waals surface area contributed by atoms with E-state index in [1.807, 2.05) is 0 Å². The summed E-state index contributed by atoms with van der Waals surface area (Å²) in [6.07, 6.45) is 1.26. The maximum atomic E-state index is 12.8. The number of carbonyl (C=O) groups excluding carboxylic acids is 2. The van der Waals surface area contributed by atoms with Gasteiger partial charge in [-0.2, -0.15) is 13.9 Å². The number of benzene rings is 1. The Bertz CT molecular complexity index is 946. The maximum absolute atomic E-state index is 12.8. The summed E-state index contributed by atoms with van der Waals surface area (Å²) in [7, 11) is 1.74. The van der Waals surface area contributed by atoms with E-state index < -0.39 is 18.4 Å². The lowest BCUT2D eigenvalue weighted by Gasteiger charge is -2.32. The van der Waals surface area contributed by atoms with Crippen LogP contribution < -0.4 is 10.1 Å². The van der Waals surface area contributed by atoms with E-state index in [-0.39, 0.29) is 30.3 Å². The van der Waals surface area contributed by atoms with E-state index in [9.17, 15) is 18.4 Å². The summed E-state index contributed by atoms with van der Waals surface area (Å²) in [4.78, 5) is 26.9. The maximum Gasteiger partial charge on any atom is 0.387 e. The number of piperidine rings is 1. The van der Waals surface area contributed by atoms with Crippen molar-refractivity contribution in [2.45, 2.75) is 26.0 Å². The molecular formula is C18H21F2N5O3S. The predicted molar refractivity (Wildman–Crippen MR) is 102 cm³/mol. The van der Waals surface area contributed by atoms with Gasteiger partial charge in [-0.15, -0.1) is 0 Å². The number of alkyl halides is 2. The number of hydrogen-bond acceptors (Lipinski definition) is 5. The summed E-state index contributed by atoms with van der Waals surface area (Å²) in [5.41, 5.74) is 0.0513. The van der Waals surface area contributed by atoms with Crippen LogP contribution in [-0.4, -0.2) is 51.2 Å². The van der Waals surface area contributed by atoms with Gasteiger partial charge in [0.05, 0.1) is 18.0 Å². The second kappa shape index (κ2) is 9.12. The third kappa shape index (κ3) is 4.97. The molecule has 11 heteroatoms. The van der Waals surface area contributed by atoms with Crippen molar-refractivity contribution in [2.75, 3.05) is 13.1 Å². The van der Waals surface area contributed by atoms with Gasteiger partial charge in [0.2, 0.25) is 5.91 Å². The fourth-order valence-electron chi connectivity index (χ4n) is 3.24. The van der Waals surface area contributed by atoms with Crippen LogP contribution in [0, 0.1) is 10.7 Å². The second-order valence-electron chi connectivity index (χ2n) is 6.69. The molecule has 2 N–H and O–H groups in total. The zero-order valence-electron chi connectivity index (χ0n) is 15.7. The molecule has 1 aliphatic heterocycles. The molecule has 2 aromatic rings. The molecule has 3 rings (SSSR count). The number of nitrogens with zero attached hydrogens (tertiary/aromatic N) is 3. The van der Waals surface area contributed by atoms with Crippen LogP contribution in [0.15, 0.2) is 24.3 Å². The first-order valence-corrected chi connectivity index (χ1v) is 9.48. The minimum Gasteiger partial charge on any atom is -0.434 e. The number of hydrogen-bond donors (Lipinski definition) is 2. The molecule has 29 heavy (non-hydrogen) atoms. The van der Waals surface area contributed by atoms with Gasteiger partial charge in [-0.1, -0.05) is 12.1 Å². The van der Waals surface area contributed by atoms with E-state index in [2.05, 4.69) is 20.3 Å². The Hall–Kier alpha value is -2.82. The average molecular weight is 425 g/mol. The van der Waals surface area contributed by atoms with Crippen LogP contribution in [0.3, 0.4) is 0 Å². The Morgan fingerprint density at radius 3 is 2.86 bits per heavy atom. The summed E-state index contributed by atoms with van der Waals surface area (Å²) in [6.45, 7) is -2.17. The Morgan fingerprint density at radius 2 is 2.17 bits per heavy atom. The Kier molecular flexibility index (Phi) is 6.57. The summed E-state index contributed by atoms with van der Waals surface area (Å²) in [6, 6.07) is 5.86. The zero-order valence-corrected chi connectivity index (χ0v) is 16.5. The molecule has 156 valence electrons. The fourth-order valence-corrected chi connectivity index (χ4v) is 3.39. The molecule has 2 amide bonds. The molecule has 1 aromatic carbocycles. The van der Waals surface area contributed by atoms with Gasteiger partial charge >= 0.3 is 6.61 Å². The lowest BCUT2D eigenvalue weighted by atomic mass is 9.96. The van der Waals surface area contributed by atoms with Crippen LogP contribution in [0.5, 0.6) is 5.75 Å². The van der Waals surface area contributed by atoms with Gasteiger partial charge in [0.25, 0.3) is 5.91 Å². The van der Waals surface area contributed by atoms with E-state index in [0.29, 0.717) is 30.0 Å². The highest BCUT2D eigenvalue weighted by molar-refractivity contribution is 7.71. The molecule has 2 heterocycles. The average Bonchev–Trinajstić information content (AvgIpc) is 3.03. The molecule has 0 saturated carbocycles. The number of para-hydroxylation sites is 1. The van der Waals surface area contributed by atoms with Crippen molar-refractivity contribution in [3.05, 3.63) is 40.4 Å². The third-order valence-electron chi connectivity index (χ3n) is 4.81. The standard InChI is InChI=1S/C18H21F2N5O3S/c1-24-14(22-23-18(24)29)9-21-15(26)11-5-4-8-25(10-11)16(27)12-6-2-3-7-13(12)28-17(19)20/h2-3,6-7,11,17H,4-5,8-10H2,1H3,(H,21,26)(H,23,29). The first kappa shape index (κ1) is 20.9. The predicted octanol–water partition coefficient (Wildman–Crippen LogP) is 2.25. The van der Waals surface area contributed by atoms with Gasteiger partial charge in [-0.25, -0.2) is 0 Å². The van der Waals surface area contributed by atoms with Gasteiger partial charge < -0.3 is 19.5 Å². The van der Waals surface area contributed by atoms with E-state index in [4.69, 9.17) is 12.2 Å². The van der Waals surface area contributed by atoms with E-state index >= 15 is 0 Å². The minimum absolute atomic E-state index is 0.0513. The highest BCUT2D eigenvalue weighted by Crippen LogP contribution is 2.25. The number of halogens is 2. The SMILES string of the molecule is Cn1c(CNC(=O)C2CCCN(C(=O)c3ccccc3OC(F)F)C2)n[nH]c1=S. The second-order valence-corrected chi connectivity index (χ2v) is 7.07. The quantitative estimate of drug-likeness (QED) is 0.693. The van der Waals surface area contributed by atoms with Crippen LogP contribution in [0.4, 0.5) is 8.78 Å². The molecule has 1 unspecified atom stereocenters. The van der Waals surface area contributed by atoms with Crippen molar-refractivity contribution in [3.8, 4) is 5.75 Å². The molecule has 0 bridgehead atoms. The van der Waals surface area contributed by atoms with Gasteiger partial charge in [-0.3, -0.25) is 14.7 Å². The highest BCUT2D eigenvalue weighted by atomic mass is 32.1. The number of amides is 2. The zero-order chi connectivity index (χ0) is 21.0. The van der Waals surface area contributed by atoms with E-state index in [1.165, 1.54) is 23.1 Å². The molecule has 1 fully saturated rings. The molecule has 1 aliphatic rings. The summed E-state index contributed by atoms with van der Waals surface area (Å²) >= 11 is 5.04. The molecule has 1 atom stereocenters. The van der Waals surface area contributed by atoms with Crippen LogP contribution in [-0.2, 0) is 18.4 Å². The largest absolute Gasteiger partial charge is 0.434 e. The van der Waals surface area contributed by atoms with Gasteiger partial charge in [0, 0.05) is 20.1 Å². The highest BCUT2D eigenvalue weighted by Gasteiger charge is 2.30. The number of rotatable bonds is 6. The molecule has 1 aromatic heterocycles. The lowest BCUT2D eigenvalue weighted by Crippen LogP contribution is -2.45. The molecule has 0 spiro atoms. The van der Waals surface area contributed by atoms with Crippen molar-refractivity contribution >= 4 is 24.0 Å². The number of aromatic nitrogens is 3. The Balaban J connectivity index is 1.64. The fraction of sp³-hybridized carbons (Fsp3) is 0.444. The van der Waals surface area contributed by atoms with Gasteiger partial charge in [-0.05, 0) is 37.2 Å². The summed E-state index contributed by atoms with van der Waals surface area (Å²) in [5, 5.41) is 9.49. The lowest BCUT2D eigenvalue weighted by molar-refractivity contribution is -0.126. The third-order valence-corrected chi connectivity index (χ3v) is 5.17. The molecular weight excluding hydrogens is 404 g/mol. The minimum atomic E-state index is -3.03. The van der Waals surface area contributed by atoms with Crippen LogP contribution in [0.25, 0.3) is 0 Å². The first-order chi connectivity index (χ1) is 13.9. The van der Waals surface area contributed by atoms with Gasteiger partial charge in [0.15, 0.2) is 10.6 Å². The van der Waals surface area contributed by atoms with E-state index in [1.54, 1.807) is 17.7 Å². The van der Waals surface area contributed by atoms with Crippen molar-refractivity contribution in [1.29, 1.82) is 0 Å².